The normalized spacial score (nSPS) is 12.5. The van der Waals surface area contributed by atoms with Crippen LogP contribution in [0.15, 0.2) is 41.8 Å². The number of nitro groups is 1. The molecule has 0 aliphatic carbocycles. The van der Waals surface area contributed by atoms with Gasteiger partial charge in [-0.2, -0.15) is 0 Å². The SMILES string of the molecule is CN(C)C(CNCc1ccccc1[N+](=O)[O-])c1cccs1. The van der Waals surface area contributed by atoms with E-state index in [1.165, 1.54) is 4.88 Å². The molecule has 6 heteroatoms. The maximum atomic E-state index is 11.0. The van der Waals surface area contributed by atoms with Gasteiger partial charge in [-0.1, -0.05) is 24.3 Å². The van der Waals surface area contributed by atoms with Gasteiger partial charge in [0.25, 0.3) is 5.69 Å². The van der Waals surface area contributed by atoms with E-state index in [1.807, 2.05) is 26.2 Å². The average Bonchev–Trinajstić information content (AvgIpc) is 2.97. The Labute approximate surface area is 128 Å². The van der Waals surface area contributed by atoms with Gasteiger partial charge in [0.05, 0.1) is 11.0 Å². The van der Waals surface area contributed by atoms with Crippen molar-refractivity contribution in [2.75, 3.05) is 20.6 Å². The van der Waals surface area contributed by atoms with E-state index in [0.717, 1.165) is 6.54 Å². The van der Waals surface area contributed by atoms with E-state index in [0.29, 0.717) is 12.1 Å². The number of likely N-dealkylation sites (N-methyl/N-ethyl adjacent to an activating group) is 1. The fraction of sp³-hybridized carbons (Fsp3) is 0.333. The molecule has 5 nitrogen and oxygen atoms in total. The Hall–Kier alpha value is -1.76. The minimum absolute atomic E-state index is 0.169. The molecule has 1 aromatic heterocycles. The number of hydrogen-bond acceptors (Lipinski definition) is 5. The lowest BCUT2D eigenvalue weighted by Gasteiger charge is -2.23. The van der Waals surface area contributed by atoms with E-state index >= 15 is 0 Å². The summed E-state index contributed by atoms with van der Waals surface area (Å²) in [6.07, 6.45) is 0. The Bertz CT molecular complexity index is 584. The van der Waals surface area contributed by atoms with Crippen LogP contribution >= 0.6 is 11.3 Å². The predicted octanol–water partition coefficient (Wildman–Crippen LogP) is 3.05. The Morgan fingerprint density at radius 1 is 1.29 bits per heavy atom. The van der Waals surface area contributed by atoms with Gasteiger partial charge >= 0.3 is 0 Å². The Morgan fingerprint density at radius 3 is 2.67 bits per heavy atom. The molecule has 112 valence electrons. The molecule has 0 saturated heterocycles. The van der Waals surface area contributed by atoms with Gasteiger partial charge in [-0.15, -0.1) is 11.3 Å². The summed E-state index contributed by atoms with van der Waals surface area (Å²) in [4.78, 5) is 14.1. The number of para-hydroxylation sites is 1. The van der Waals surface area contributed by atoms with Crippen LogP contribution < -0.4 is 5.32 Å². The molecule has 0 radical (unpaired) electrons. The van der Waals surface area contributed by atoms with Gasteiger partial charge in [0.15, 0.2) is 0 Å². The number of nitrogens with zero attached hydrogens (tertiary/aromatic N) is 2. The van der Waals surface area contributed by atoms with Crippen LogP contribution in [0.4, 0.5) is 5.69 Å². The van der Waals surface area contributed by atoms with Crippen LogP contribution in [0.2, 0.25) is 0 Å². The van der Waals surface area contributed by atoms with Gasteiger partial charge in [0.2, 0.25) is 0 Å². The highest BCUT2D eigenvalue weighted by Gasteiger charge is 2.16. The van der Waals surface area contributed by atoms with E-state index in [4.69, 9.17) is 0 Å². The Balaban J connectivity index is 1.99. The van der Waals surface area contributed by atoms with Crippen molar-refractivity contribution in [3.8, 4) is 0 Å². The molecule has 1 N–H and O–H groups in total. The zero-order valence-electron chi connectivity index (χ0n) is 12.2. The zero-order valence-corrected chi connectivity index (χ0v) is 13.0. The van der Waals surface area contributed by atoms with Crippen LogP contribution in [0.5, 0.6) is 0 Å². The topological polar surface area (TPSA) is 58.4 Å². The fourth-order valence-electron chi connectivity index (χ4n) is 2.20. The summed E-state index contributed by atoms with van der Waals surface area (Å²) in [6.45, 7) is 1.24. The molecular weight excluding hydrogens is 286 g/mol. The highest BCUT2D eigenvalue weighted by Crippen LogP contribution is 2.23. The summed E-state index contributed by atoms with van der Waals surface area (Å²) in [5, 5.41) is 16.4. The molecule has 0 fully saturated rings. The summed E-state index contributed by atoms with van der Waals surface area (Å²) in [5.41, 5.74) is 0.883. The summed E-state index contributed by atoms with van der Waals surface area (Å²) >= 11 is 1.72. The lowest BCUT2D eigenvalue weighted by molar-refractivity contribution is -0.385. The van der Waals surface area contributed by atoms with Crippen LogP contribution in [0.25, 0.3) is 0 Å². The molecule has 0 spiro atoms. The maximum absolute atomic E-state index is 11.0. The molecular formula is C15H19N3O2S. The van der Waals surface area contributed by atoms with E-state index in [1.54, 1.807) is 29.5 Å². The molecule has 1 atom stereocenters. The minimum atomic E-state index is -0.334. The molecule has 21 heavy (non-hydrogen) atoms. The van der Waals surface area contributed by atoms with Gasteiger partial charge < -0.3 is 10.2 Å². The third-order valence-electron chi connectivity index (χ3n) is 3.34. The van der Waals surface area contributed by atoms with Crippen LogP contribution in [-0.2, 0) is 6.54 Å². The first-order valence-corrected chi connectivity index (χ1v) is 7.60. The van der Waals surface area contributed by atoms with Gasteiger partial charge in [-0.25, -0.2) is 0 Å². The quantitative estimate of drug-likeness (QED) is 0.631. The Kier molecular flexibility index (Phi) is 5.44. The molecule has 1 aromatic carbocycles. The van der Waals surface area contributed by atoms with Crippen molar-refractivity contribution >= 4 is 17.0 Å². The third kappa shape index (κ3) is 4.10. The average molecular weight is 305 g/mol. The highest BCUT2D eigenvalue weighted by atomic mass is 32.1. The first-order valence-electron chi connectivity index (χ1n) is 6.72. The smallest absolute Gasteiger partial charge is 0.273 e. The van der Waals surface area contributed by atoms with E-state index in [2.05, 4.69) is 21.7 Å². The van der Waals surface area contributed by atoms with Gasteiger partial charge in [0.1, 0.15) is 0 Å². The molecule has 0 saturated carbocycles. The molecule has 0 aliphatic rings. The second-order valence-electron chi connectivity index (χ2n) is 5.01. The predicted molar refractivity (Wildman–Crippen MR) is 85.6 cm³/mol. The number of benzene rings is 1. The summed E-state index contributed by atoms with van der Waals surface area (Å²) < 4.78 is 0. The van der Waals surface area contributed by atoms with Gasteiger partial charge in [-0.05, 0) is 25.5 Å². The largest absolute Gasteiger partial charge is 0.310 e. The number of rotatable bonds is 7. The van der Waals surface area contributed by atoms with Crippen LogP contribution in [0, 0.1) is 10.1 Å². The zero-order chi connectivity index (χ0) is 15.2. The van der Waals surface area contributed by atoms with Gasteiger partial charge in [0, 0.05) is 29.6 Å². The minimum Gasteiger partial charge on any atom is -0.310 e. The molecule has 2 rings (SSSR count). The Morgan fingerprint density at radius 2 is 2.05 bits per heavy atom. The fourth-order valence-corrected chi connectivity index (χ4v) is 3.12. The highest BCUT2D eigenvalue weighted by molar-refractivity contribution is 7.10. The van der Waals surface area contributed by atoms with E-state index < -0.39 is 0 Å². The first-order chi connectivity index (χ1) is 10.1. The second-order valence-corrected chi connectivity index (χ2v) is 5.99. The third-order valence-corrected chi connectivity index (χ3v) is 4.31. The molecule has 2 aromatic rings. The lowest BCUT2D eigenvalue weighted by Crippen LogP contribution is -2.30. The summed E-state index contributed by atoms with van der Waals surface area (Å²) in [6, 6.07) is 11.3. The first kappa shape index (κ1) is 15.6. The van der Waals surface area contributed by atoms with Crippen molar-refractivity contribution in [1.29, 1.82) is 0 Å². The van der Waals surface area contributed by atoms with Crippen LogP contribution in [-0.4, -0.2) is 30.5 Å². The van der Waals surface area contributed by atoms with Crippen molar-refractivity contribution in [1.82, 2.24) is 10.2 Å². The van der Waals surface area contributed by atoms with E-state index in [9.17, 15) is 10.1 Å². The van der Waals surface area contributed by atoms with Crippen molar-refractivity contribution < 1.29 is 4.92 Å². The van der Waals surface area contributed by atoms with Crippen molar-refractivity contribution in [3.05, 3.63) is 62.3 Å². The molecule has 0 bridgehead atoms. The standard InChI is InChI=1S/C15H19N3O2S/c1-17(2)14(15-8-5-9-21-15)11-16-10-12-6-3-4-7-13(12)18(19)20/h3-9,14,16H,10-11H2,1-2H3. The molecule has 1 heterocycles. The van der Waals surface area contributed by atoms with Crippen LogP contribution in [0.3, 0.4) is 0 Å². The number of nitro benzene ring substituents is 1. The summed E-state index contributed by atoms with van der Waals surface area (Å²) in [7, 11) is 4.08. The number of nitrogens with one attached hydrogen (secondary N) is 1. The van der Waals surface area contributed by atoms with Gasteiger partial charge in [-0.3, -0.25) is 10.1 Å². The van der Waals surface area contributed by atoms with Crippen molar-refractivity contribution in [2.45, 2.75) is 12.6 Å². The maximum Gasteiger partial charge on any atom is 0.273 e. The molecule has 1 unspecified atom stereocenters. The molecule has 0 amide bonds. The monoisotopic (exact) mass is 305 g/mol. The van der Waals surface area contributed by atoms with E-state index in [-0.39, 0.29) is 16.7 Å². The van der Waals surface area contributed by atoms with Crippen molar-refractivity contribution in [3.63, 3.8) is 0 Å². The molecule has 0 aliphatic heterocycles. The number of thiophene rings is 1. The number of hydrogen-bond donors (Lipinski definition) is 1. The lowest BCUT2D eigenvalue weighted by atomic mass is 10.1. The van der Waals surface area contributed by atoms with Crippen LogP contribution in [0.1, 0.15) is 16.5 Å². The van der Waals surface area contributed by atoms with Crippen molar-refractivity contribution in [2.24, 2.45) is 0 Å². The second kappa shape index (κ2) is 7.31. The summed E-state index contributed by atoms with van der Waals surface area (Å²) in [5.74, 6) is 0.